The van der Waals surface area contributed by atoms with Gasteiger partial charge in [-0.1, -0.05) is 23.7 Å². The highest BCUT2D eigenvalue weighted by atomic mass is 35.5. The maximum atomic E-state index is 13.3. The van der Waals surface area contributed by atoms with Crippen molar-refractivity contribution in [1.29, 1.82) is 0 Å². The Labute approximate surface area is 167 Å². The van der Waals surface area contributed by atoms with Crippen LogP contribution in [0.2, 0.25) is 5.02 Å². The topological polar surface area (TPSA) is 47.6 Å². The van der Waals surface area contributed by atoms with Gasteiger partial charge in [-0.05, 0) is 61.0 Å². The van der Waals surface area contributed by atoms with E-state index >= 15 is 0 Å². The number of benzene rings is 3. The number of carbonyl (C=O) groups is 1. The molecular weight excluding hydrogens is 381 g/mol. The van der Waals surface area contributed by atoms with Crippen molar-refractivity contribution in [1.82, 2.24) is 0 Å². The molecule has 144 valence electrons. The van der Waals surface area contributed by atoms with Crippen molar-refractivity contribution in [3.63, 3.8) is 0 Å². The lowest BCUT2D eigenvalue weighted by Crippen LogP contribution is -2.13. The van der Waals surface area contributed by atoms with Crippen molar-refractivity contribution in [3.05, 3.63) is 88.2 Å². The average molecular weight is 400 g/mol. The van der Waals surface area contributed by atoms with Gasteiger partial charge in [-0.15, -0.1) is 0 Å². The smallest absolute Gasteiger partial charge is 0.255 e. The fraction of sp³-hybridized carbons (Fsp3) is 0.136. The van der Waals surface area contributed by atoms with Crippen LogP contribution in [0.5, 0.6) is 11.5 Å². The van der Waals surface area contributed by atoms with Gasteiger partial charge in [0, 0.05) is 16.8 Å². The zero-order chi connectivity index (χ0) is 20.1. The standard InChI is InChI=1S/C22H19ClFNO3/c1-14-4-3-5-18(10-14)28-13-16-11-15(6-9-21(16)27-2)22(26)25-17-7-8-20(24)19(23)12-17/h3-12H,13H2,1-2H3,(H,25,26). The Balaban J connectivity index is 1.77. The third-order valence-electron chi connectivity index (χ3n) is 4.10. The predicted octanol–water partition coefficient (Wildman–Crippen LogP) is 5.63. The van der Waals surface area contributed by atoms with Crippen LogP contribution in [0.3, 0.4) is 0 Å². The van der Waals surface area contributed by atoms with Crippen LogP contribution in [0.4, 0.5) is 10.1 Å². The van der Waals surface area contributed by atoms with Gasteiger partial charge < -0.3 is 14.8 Å². The molecule has 0 radical (unpaired) electrons. The second kappa shape index (κ2) is 8.76. The first-order valence-corrected chi connectivity index (χ1v) is 8.97. The first-order chi connectivity index (χ1) is 13.5. The molecule has 28 heavy (non-hydrogen) atoms. The molecule has 0 aliphatic heterocycles. The van der Waals surface area contributed by atoms with Crippen LogP contribution in [-0.4, -0.2) is 13.0 Å². The monoisotopic (exact) mass is 399 g/mol. The number of aryl methyl sites for hydroxylation is 1. The van der Waals surface area contributed by atoms with E-state index in [9.17, 15) is 9.18 Å². The molecule has 0 aliphatic rings. The normalized spacial score (nSPS) is 10.4. The van der Waals surface area contributed by atoms with Crippen molar-refractivity contribution in [2.75, 3.05) is 12.4 Å². The van der Waals surface area contributed by atoms with Gasteiger partial charge >= 0.3 is 0 Å². The molecule has 0 aromatic heterocycles. The summed E-state index contributed by atoms with van der Waals surface area (Å²) in [6.45, 7) is 2.23. The molecule has 0 aliphatic carbocycles. The van der Waals surface area contributed by atoms with E-state index in [4.69, 9.17) is 21.1 Å². The molecule has 3 aromatic rings. The van der Waals surface area contributed by atoms with Crippen molar-refractivity contribution in [2.45, 2.75) is 13.5 Å². The Morgan fingerprint density at radius 3 is 2.64 bits per heavy atom. The third kappa shape index (κ3) is 4.81. The highest BCUT2D eigenvalue weighted by Crippen LogP contribution is 2.24. The van der Waals surface area contributed by atoms with E-state index in [1.807, 2.05) is 31.2 Å². The van der Waals surface area contributed by atoms with Gasteiger partial charge in [-0.2, -0.15) is 0 Å². The molecule has 3 aromatic carbocycles. The molecule has 3 rings (SSSR count). The van der Waals surface area contributed by atoms with Crippen LogP contribution in [0.15, 0.2) is 60.7 Å². The number of amides is 1. The Bertz CT molecular complexity index is 1010. The molecule has 0 atom stereocenters. The summed E-state index contributed by atoms with van der Waals surface area (Å²) in [6.07, 6.45) is 0. The number of halogens is 2. The summed E-state index contributed by atoms with van der Waals surface area (Å²) in [6, 6.07) is 16.8. The molecule has 0 fully saturated rings. The molecule has 0 heterocycles. The summed E-state index contributed by atoms with van der Waals surface area (Å²) in [7, 11) is 1.56. The number of carbonyl (C=O) groups excluding carboxylic acids is 1. The summed E-state index contributed by atoms with van der Waals surface area (Å²) in [5.74, 6) is 0.466. The number of methoxy groups -OCH3 is 1. The second-order valence-electron chi connectivity index (χ2n) is 6.21. The Morgan fingerprint density at radius 2 is 1.93 bits per heavy atom. The average Bonchev–Trinajstić information content (AvgIpc) is 2.69. The van der Waals surface area contributed by atoms with Crippen molar-refractivity contribution >= 4 is 23.2 Å². The molecule has 1 amide bonds. The van der Waals surface area contributed by atoms with Crippen molar-refractivity contribution in [3.8, 4) is 11.5 Å². The minimum atomic E-state index is -0.542. The summed E-state index contributed by atoms with van der Waals surface area (Å²) in [5.41, 5.74) is 2.65. The van der Waals surface area contributed by atoms with E-state index in [1.54, 1.807) is 25.3 Å². The molecule has 0 unspecified atom stereocenters. The first kappa shape index (κ1) is 19.7. The van der Waals surface area contributed by atoms with Crippen molar-refractivity contribution < 1.29 is 18.7 Å². The summed E-state index contributed by atoms with van der Waals surface area (Å²) in [5, 5.41) is 2.64. The van der Waals surface area contributed by atoms with Gasteiger partial charge in [0.2, 0.25) is 0 Å². The number of hydrogen-bond donors (Lipinski definition) is 1. The molecular formula is C22H19ClFNO3. The lowest BCUT2D eigenvalue weighted by atomic mass is 10.1. The Morgan fingerprint density at radius 1 is 1.11 bits per heavy atom. The lowest BCUT2D eigenvalue weighted by molar-refractivity contribution is 0.102. The van der Waals surface area contributed by atoms with Gasteiger partial charge in [0.05, 0.1) is 12.1 Å². The van der Waals surface area contributed by atoms with Gasteiger partial charge in [0.25, 0.3) is 5.91 Å². The number of ether oxygens (including phenoxy) is 2. The summed E-state index contributed by atoms with van der Waals surface area (Å²) in [4.78, 5) is 12.6. The summed E-state index contributed by atoms with van der Waals surface area (Å²) < 4.78 is 24.5. The van der Waals surface area contributed by atoms with E-state index < -0.39 is 5.82 Å². The Hall–Kier alpha value is -3.05. The van der Waals surface area contributed by atoms with Crippen LogP contribution >= 0.6 is 11.6 Å². The van der Waals surface area contributed by atoms with E-state index in [0.29, 0.717) is 17.0 Å². The molecule has 6 heteroatoms. The van der Waals surface area contributed by atoms with Crippen LogP contribution in [0.25, 0.3) is 0 Å². The number of anilines is 1. The van der Waals surface area contributed by atoms with Crippen LogP contribution < -0.4 is 14.8 Å². The predicted molar refractivity (Wildman–Crippen MR) is 108 cm³/mol. The van der Waals surface area contributed by atoms with Gasteiger partial charge in [-0.3, -0.25) is 4.79 Å². The van der Waals surface area contributed by atoms with Gasteiger partial charge in [0.1, 0.15) is 23.9 Å². The molecule has 0 saturated carbocycles. The largest absolute Gasteiger partial charge is 0.496 e. The number of hydrogen-bond acceptors (Lipinski definition) is 3. The minimum absolute atomic E-state index is 0.0558. The highest BCUT2D eigenvalue weighted by molar-refractivity contribution is 6.31. The van der Waals surface area contributed by atoms with Gasteiger partial charge in [-0.25, -0.2) is 4.39 Å². The molecule has 0 spiro atoms. The van der Waals surface area contributed by atoms with Gasteiger partial charge in [0.15, 0.2) is 0 Å². The van der Waals surface area contributed by atoms with Crippen LogP contribution in [-0.2, 0) is 6.61 Å². The highest BCUT2D eigenvalue weighted by Gasteiger charge is 2.12. The quantitative estimate of drug-likeness (QED) is 0.584. The molecule has 0 bridgehead atoms. The molecule has 1 N–H and O–H groups in total. The minimum Gasteiger partial charge on any atom is -0.496 e. The Kier molecular flexibility index (Phi) is 6.16. The first-order valence-electron chi connectivity index (χ1n) is 8.59. The fourth-order valence-corrected chi connectivity index (χ4v) is 2.86. The van der Waals surface area contributed by atoms with E-state index in [0.717, 1.165) is 16.9 Å². The van der Waals surface area contributed by atoms with E-state index in [1.165, 1.54) is 18.2 Å². The van der Waals surface area contributed by atoms with E-state index in [2.05, 4.69) is 5.32 Å². The lowest BCUT2D eigenvalue weighted by Gasteiger charge is -2.13. The molecule has 0 saturated heterocycles. The third-order valence-corrected chi connectivity index (χ3v) is 4.39. The summed E-state index contributed by atoms with van der Waals surface area (Å²) >= 11 is 5.76. The fourth-order valence-electron chi connectivity index (χ4n) is 2.68. The zero-order valence-electron chi connectivity index (χ0n) is 15.5. The second-order valence-corrected chi connectivity index (χ2v) is 6.62. The van der Waals surface area contributed by atoms with E-state index in [-0.39, 0.29) is 17.5 Å². The van der Waals surface area contributed by atoms with Crippen LogP contribution in [0, 0.1) is 12.7 Å². The number of rotatable bonds is 6. The number of nitrogens with one attached hydrogen (secondary N) is 1. The van der Waals surface area contributed by atoms with Crippen LogP contribution in [0.1, 0.15) is 21.5 Å². The van der Waals surface area contributed by atoms with Crippen molar-refractivity contribution in [2.24, 2.45) is 0 Å². The molecule has 4 nitrogen and oxygen atoms in total. The SMILES string of the molecule is COc1ccc(C(=O)Nc2ccc(F)c(Cl)c2)cc1COc1cccc(C)c1. The maximum Gasteiger partial charge on any atom is 0.255 e. The maximum absolute atomic E-state index is 13.3. The zero-order valence-corrected chi connectivity index (χ0v) is 16.2.